The van der Waals surface area contributed by atoms with Crippen LogP contribution < -0.4 is 11.2 Å². The molecule has 0 bridgehead atoms. The molecule has 0 aromatic carbocycles. The van der Waals surface area contributed by atoms with Crippen LogP contribution in [0.25, 0.3) is 16.5 Å². The van der Waals surface area contributed by atoms with Crippen LogP contribution in [0.3, 0.4) is 0 Å². The number of nitrogens with zero attached hydrogens (tertiary/aromatic N) is 3. The first kappa shape index (κ1) is 21.5. The Bertz CT molecular complexity index is 1090. The summed E-state index contributed by atoms with van der Waals surface area (Å²) >= 11 is 6.28. The van der Waals surface area contributed by atoms with Gasteiger partial charge >= 0.3 is 5.69 Å². The van der Waals surface area contributed by atoms with Crippen LogP contribution in [0.4, 0.5) is 0 Å². The molecule has 2 aromatic heterocycles. The number of halogens is 1. The SMILES string of the molecule is CC(C)CCc1c(C2=CCCC(Cl)=C2)ncc2c1c(=O)n(CCCO)c(=O)n2C. The quantitative estimate of drug-likeness (QED) is 0.749. The van der Waals surface area contributed by atoms with Crippen molar-refractivity contribution in [3.63, 3.8) is 0 Å². The van der Waals surface area contributed by atoms with Gasteiger partial charge in [0.15, 0.2) is 0 Å². The third-order valence-electron chi connectivity index (χ3n) is 5.34. The first-order valence-corrected chi connectivity index (χ1v) is 10.5. The lowest BCUT2D eigenvalue weighted by Crippen LogP contribution is -2.40. The number of pyridine rings is 1. The van der Waals surface area contributed by atoms with Crippen molar-refractivity contribution in [2.75, 3.05) is 6.61 Å². The van der Waals surface area contributed by atoms with Gasteiger partial charge in [-0.2, -0.15) is 0 Å². The van der Waals surface area contributed by atoms with E-state index in [0.29, 0.717) is 29.7 Å². The predicted molar refractivity (Wildman–Crippen MR) is 117 cm³/mol. The van der Waals surface area contributed by atoms with E-state index in [-0.39, 0.29) is 24.4 Å². The smallest absolute Gasteiger partial charge is 0.331 e. The van der Waals surface area contributed by atoms with E-state index >= 15 is 0 Å². The van der Waals surface area contributed by atoms with Crippen LogP contribution >= 0.6 is 11.6 Å². The summed E-state index contributed by atoms with van der Waals surface area (Å²) in [6, 6.07) is 0. The number of rotatable bonds is 7. The highest BCUT2D eigenvalue weighted by Crippen LogP contribution is 2.31. The number of aromatic nitrogens is 3. The molecule has 0 spiro atoms. The monoisotopic (exact) mass is 417 g/mol. The van der Waals surface area contributed by atoms with Gasteiger partial charge in [-0.3, -0.25) is 18.9 Å². The summed E-state index contributed by atoms with van der Waals surface area (Å²) in [7, 11) is 1.66. The van der Waals surface area contributed by atoms with Crippen molar-refractivity contribution < 1.29 is 5.11 Å². The Morgan fingerprint density at radius 2 is 2.07 bits per heavy atom. The molecular weight excluding hydrogens is 390 g/mol. The average molecular weight is 418 g/mol. The van der Waals surface area contributed by atoms with Gasteiger partial charge in [0.05, 0.1) is 22.8 Å². The number of fused-ring (bicyclic) bond motifs is 1. The van der Waals surface area contributed by atoms with Crippen molar-refractivity contribution in [1.29, 1.82) is 0 Å². The number of aliphatic hydroxyl groups excluding tert-OH is 1. The van der Waals surface area contributed by atoms with E-state index in [9.17, 15) is 14.7 Å². The highest BCUT2D eigenvalue weighted by molar-refractivity contribution is 6.30. The maximum atomic E-state index is 13.4. The van der Waals surface area contributed by atoms with Gasteiger partial charge in [-0.15, -0.1) is 0 Å². The fraction of sp³-hybridized carbons (Fsp3) is 0.500. The molecule has 0 unspecified atom stereocenters. The number of hydrogen-bond donors (Lipinski definition) is 1. The van der Waals surface area contributed by atoms with Crippen LogP contribution in [0.2, 0.25) is 0 Å². The van der Waals surface area contributed by atoms with Crippen LogP contribution in [0, 0.1) is 5.92 Å². The van der Waals surface area contributed by atoms with Crippen LogP contribution in [-0.4, -0.2) is 25.8 Å². The second kappa shape index (κ2) is 9.09. The van der Waals surface area contributed by atoms with E-state index in [1.165, 1.54) is 9.13 Å². The first-order valence-electron chi connectivity index (χ1n) is 10.1. The van der Waals surface area contributed by atoms with E-state index < -0.39 is 0 Å². The standard InChI is InChI=1S/C22H28ClN3O3/c1-14(2)8-9-17-19-18(13-24-20(17)15-6-4-7-16(23)12-15)25(3)22(29)26(21(19)28)10-5-11-27/h6,12-14,27H,4-5,7-11H2,1-3H3. The third-order valence-corrected chi connectivity index (χ3v) is 5.64. The summed E-state index contributed by atoms with van der Waals surface area (Å²) < 4.78 is 2.70. The van der Waals surface area contributed by atoms with E-state index in [4.69, 9.17) is 11.6 Å². The number of aliphatic hydroxyl groups is 1. The molecule has 0 saturated carbocycles. The van der Waals surface area contributed by atoms with E-state index in [1.807, 2.05) is 6.08 Å². The van der Waals surface area contributed by atoms with Crippen LogP contribution in [0.1, 0.15) is 50.8 Å². The minimum Gasteiger partial charge on any atom is -0.396 e. The fourth-order valence-electron chi connectivity index (χ4n) is 3.72. The van der Waals surface area contributed by atoms with E-state index in [2.05, 4.69) is 24.9 Å². The zero-order chi connectivity index (χ0) is 21.1. The summed E-state index contributed by atoms with van der Waals surface area (Å²) in [4.78, 5) is 30.7. The second-order valence-corrected chi connectivity index (χ2v) is 8.43. The molecule has 0 saturated heterocycles. The molecule has 0 aliphatic heterocycles. The zero-order valence-electron chi connectivity index (χ0n) is 17.2. The third kappa shape index (κ3) is 4.38. The Kier molecular flexibility index (Phi) is 6.75. The maximum absolute atomic E-state index is 13.4. The molecule has 29 heavy (non-hydrogen) atoms. The van der Waals surface area contributed by atoms with E-state index in [1.54, 1.807) is 13.2 Å². The molecule has 1 aliphatic rings. The molecular formula is C22H28ClN3O3. The van der Waals surface area contributed by atoms with Gasteiger partial charge < -0.3 is 5.11 Å². The average Bonchev–Trinajstić information content (AvgIpc) is 2.69. The molecule has 7 heteroatoms. The molecule has 1 aliphatic carbocycles. The Labute approximate surface area is 175 Å². The minimum absolute atomic E-state index is 0.0778. The molecule has 0 atom stereocenters. The minimum atomic E-state index is -0.389. The number of allylic oxidation sites excluding steroid dienone is 4. The van der Waals surface area contributed by atoms with Gasteiger partial charge in [0, 0.05) is 25.2 Å². The Morgan fingerprint density at radius 1 is 1.31 bits per heavy atom. The topological polar surface area (TPSA) is 77.1 Å². The predicted octanol–water partition coefficient (Wildman–Crippen LogP) is 3.37. The lowest BCUT2D eigenvalue weighted by molar-refractivity contribution is 0.277. The summed E-state index contributed by atoms with van der Waals surface area (Å²) in [6.07, 6.45) is 9.22. The van der Waals surface area contributed by atoms with Crippen molar-refractivity contribution in [3.05, 3.63) is 55.5 Å². The molecule has 3 rings (SSSR count). The molecule has 0 fully saturated rings. The van der Waals surface area contributed by atoms with Crippen molar-refractivity contribution in [3.8, 4) is 0 Å². The largest absolute Gasteiger partial charge is 0.396 e. The van der Waals surface area contributed by atoms with Crippen molar-refractivity contribution in [2.24, 2.45) is 13.0 Å². The Hall–Kier alpha value is -2.18. The van der Waals surface area contributed by atoms with Gasteiger partial charge in [-0.25, -0.2) is 4.79 Å². The zero-order valence-corrected chi connectivity index (χ0v) is 18.0. The van der Waals surface area contributed by atoms with Gasteiger partial charge in [0.1, 0.15) is 0 Å². The van der Waals surface area contributed by atoms with Crippen LogP contribution in [0.15, 0.2) is 33.0 Å². The van der Waals surface area contributed by atoms with Crippen LogP contribution in [0.5, 0.6) is 0 Å². The van der Waals surface area contributed by atoms with Crippen LogP contribution in [-0.2, 0) is 20.0 Å². The highest BCUT2D eigenvalue weighted by Gasteiger charge is 2.20. The summed E-state index contributed by atoms with van der Waals surface area (Å²) in [5.41, 5.74) is 2.39. The molecule has 2 heterocycles. The van der Waals surface area contributed by atoms with Gasteiger partial charge in [-0.1, -0.05) is 31.5 Å². The highest BCUT2D eigenvalue weighted by atomic mass is 35.5. The molecule has 0 radical (unpaired) electrons. The number of aryl methyl sites for hydroxylation is 2. The van der Waals surface area contributed by atoms with Gasteiger partial charge in [0.2, 0.25) is 0 Å². The summed E-state index contributed by atoms with van der Waals surface area (Å²) in [6.45, 7) is 4.40. The second-order valence-electron chi connectivity index (χ2n) is 7.94. The van der Waals surface area contributed by atoms with Gasteiger partial charge in [-0.05, 0) is 55.2 Å². The van der Waals surface area contributed by atoms with Crippen molar-refractivity contribution in [2.45, 2.75) is 52.5 Å². The Balaban J connectivity index is 2.33. The normalized spacial score (nSPS) is 14.4. The molecule has 0 amide bonds. The molecule has 156 valence electrons. The fourth-order valence-corrected chi connectivity index (χ4v) is 3.95. The first-order chi connectivity index (χ1) is 13.8. The molecule has 1 N–H and O–H groups in total. The van der Waals surface area contributed by atoms with Gasteiger partial charge in [0.25, 0.3) is 5.56 Å². The summed E-state index contributed by atoms with van der Waals surface area (Å²) in [5, 5.41) is 10.5. The van der Waals surface area contributed by atoms with Crippen molar-refractivity contribution >= 4 is 28.1 Å². The summed E-state index contributed by atoms with van der Waals surface area (Å²) in [5.74, 6) is 0.460. The lowest BCUT2D eigenvalue weighted by Gasteiger charge is -2.18. The molecule has 2 aromatic rings. The Morgan fingerprint density at radius 3 is 2.72 bits per heavy atom. The molecule has 6 nitrogen and oxygen atoms in total. The lowest BCUT2D eigenvalue weighted by atomic mass is 9.93. The number of hydrogen-bond acceptors (Lipinski definition) is 4. The van der Waals surface area contributed by atoms with E-state index in [0.717, 1.165) is 41.1 Å². The van der Waals surface area contributed by atoms with Crippen molar-refractivity contribution in [1.82, 2.24) is 14.1 Å². The maximum Gasteiger partial charge on any atom is 0.331 e.